The van der Waals surface area contributed by atoms with Crippen LogP contribution >= 0.6 is 12.4 Å². The lowest BCUT2D eigenvalue weighted by atomic mass is 10.1. The van der Waals surface area contributed by atoms with E-state index < -0.39 is 0 Å². The Labute approximate surface area is 83.3 Å². The van der Waals surface area contributed by atoms with Crippen LogP contribution < -0.4 is 5.73 Å². The highest BCUT2D eigenvalue weighted by Gasteiger charge is 2.07. The molecular weight excluding hydrogens is 193 g/mol. The zero-order valence-corrected chi connectivity index (χ0v) is 8.18. The normalized spacial score (nSPS) is 11.9. The first-order valence-corrected chi connectivity index (χ1v) is 3.76. The minimum Gasteiger partial charge on any atom is -0.375 e. The average Bonchev–Trinajstić information content (AvgIpc) is 2.07. The third-order valence-corrected chi connectivity index (χ3v) is 1.72. The van der Waals surface area contributed by atoms with E-state index in [-0.39, 0.29) is 24.3 Å². The Morgan fingerprint density at radius 3 is 2.69 bits per heavy atom. The largest absolute Gasteiger partial charge is 0.375 e. The Bertz CT molecular complexity index is 253. The fourth-order valence-corrected chi connectivity index (χ4v) is 1.08. The number of hydrogen-bond acceptors (Lipinski definition) is 2. The first-order valence-electron chi connectivity index (χ1n) is 3.76. The van der Waals surface area contributed by atoms with Crippen LogP contribution in [0.25, 0.3) is 0 Å². The van der Waals surface area contributed by atoms with Crippen LogP contribution in [0.4, 0.5) is 4.39 Å². The van der Waals surface area contributed by atoms with Gasteiger partial charge < -0.3 is 10.5 Å². The maximum absolute atomic E-state index is 12.7. The monoisotopic (exact) mass is 205 g/mol. The molecule has 0 heterocycles. The minimum absolute atomic E-state index is 0. The van der Waals surface area contributed by atoms with Crippen molar-refractivity contribution in [1.29, 1.82) is 0 Å². The van der Waals surface area contributed by atoms with E-state index in [1.54, 1.807) is 19.2 Å². The van der Waals surface area contributed by atoms with Crippen molar-refractivity contribution in [1.82, 2.24) is 0 Å². The van der Waals surface area contributed by atoms with E-state index in [0.29, 0.717) is 6.54 Å². The van der Waals surface area contributed by atoms with Gasteiger partial charge in [0.1, 0.15) is 5.82 Å². The van der Waals surface area contributed by atoms with E-state index in [2.05, 4.69) is 0 Å². The zero-order valence-electron chi connectivity index (χ0n) is 7.37. The Morgan fingerprint density at radius 2 is 2.23 bits per heavy atom. The predicted molar refractivity (Wildman–Crippen MR) is 52.5 cm³/mol. The van der Waals surface area contributed by atoms with Crippen LogP contribution in [0.3, 0.4) is 0 Å². The highest BCUT2D eigenvalue weighted by atomic mass is 35.5. The summed E-state index contributed by atoms with van der Waals surface area (Å²) in [6, 6.07) is 6.27. The van der Waals surface area contributed by atoms with E-state index in [0.717, 1.165) is 5.56 Å². The molecule has 0 aromatic heterocycles. The van der Waals surface area contributed by atoms with Crippen molar-refractivity contribution in [3.8, 4) is 0 Å². The molecule has 0 aliphatic rings. The minimum atomic E-state index is -0.261. The van der Waals surface area contributed by atoms with Gasteiger partial charge in [-0.1, -0.05) is 12.1 Å². The fourth-order valence-electron chi connectivity index (χ4n) is 1.08. The third kappa shape index (κ3) is 3.30. The molecule has 1 aromatic rings. The lowest BCUT2D eigenvalue weighted by Gasteiger charge is -2.12. The van der Waals surface area contributed by atoms with Gasteiger partial charge in [0, 0.05) is 13.7 Å². The van der Waals surface area contributed by atoms with Crippen molar-refractivity contribution in [2.45, 2.75) is 6.10 Å². The molecule has 1 aromatic carbocycles. The second kappa shape index (κ2) is 5.91. The highest BCUT2D eigenvalue weighted by molar-refractivity contribution is 5.85. The van der Waals surface area contributed by atoms with Gasteiger partial charge in [-0.05, 0) is 17.7 Å². The van der Waals surface area contributed by atoms with E-state index in [4.69, 9.17) is 10.5 Å². The third-order valence-electron chi connectivity index (χ3n) is 1.72. The topological polar surface area (TPSA) is 35.2 Å². The molecule has 13 heavy (non-hydrogen) atoms. The molecule has 0 aliphatic carbocycles. The summed E-state index contributed by atoms with van der Waals surface area (Å²) in [5, 5.41) is 0. The molecule has 2 N–H and O–H groups in total. The summed E-state index contributed by atoms with van der Waals surface area (Å²) in [4.78, 5) is 0. The van der Waals surface area contributed by atoms with Gasteiger partial charge >= 0.3 is 0 Å². The number of ether oxygens (including phenoxy) is 1. The number of nitrogens with two attached hydrogens (primary N) is 1. The first kappa shape index (κ1) is 12.4. The van der Waals surface area contributed by atoms with Gasteiger partial charge in [-0.15, -0.1) is 12.4 Å². The van der Waals surface area contributed by atoms with Gasteiger partial charge in [0.25, 0.3) is 0 Å². The van der Waals surface area contributed by atoms with Crippen molar-refractivity contribution in [2.24, 2.45) is 5.73 Å². The number of rotatable bonds is 3. The quantitative estimate of drug-likeness (QED) is 0.818. The highest BCUT2D eigenvalue weighted by Crippen LogP contribution is 2.15. The molecule has 2 nitrogen and oxygen atoms in total. The number of halogens is 2. The van der Waals surface area contributed by atoms with Gasteiger partial charge in [-0.2, -0.15) is 0 Å². The summed E-state index contributed by atoms with van der Waals surface area (Å²) < 4.78 is 17.8. The summed E-state index contributed by atoms with van der Waals surface area (Å²) in [5.41, 5.74) is 6.20. The van der Waals surface area contributed by atoms with E-state index in [9.17, 15) is 4.39 Å². The van der Waals surface area contributed by atoms with Crippen LogP contribution in [0.5, 0.6) is 0 Å². The molecule has 0 amide bonds. The molecule has 0 saturated carbocycles. The average molecular weight is 206 g/mol. The smallest absolute Gasteiger partial charge is 0.123 e. The predicted octanol–water partition coefficient (Wildman–Crippen LogP) is 1.89. The van der Waals surface area contributed by atoms with Crippen molar-refractivity contribution in [3.05, 3.63) is 35.6 Å². The zero-order chi connectivity index (χ0) is 8.97. The molecule has 74 valence electrons. The molecule has 0 radical (unpaired) electrons. The van der Waals surface area contributed by atoms with Gasteiger partial charge in [-0.25, -0.2) is 4.39 Å². The Balaban J connectivity index is 0.00000144. The van der Waals surface area contributed by atoms with Gasteiger partial charge in [-0.3, -0.25) is 0 Å². The summed E-state index contributed by atoms with van der Waals surface area (Å²) in [6.07, 6.45) is -0.208. The van der Waals surface area contributed by atoms with Crippen LogP contribution in [0.15, 0.2) is 24.3 Å². The van der Waals surface area contributed by atoms with Crippen molar-refractivity contribution in [3.63, 3.8) is 0 Å². The standard InChI is InChI=1S/C9H12FNO.ClH/c1-12-9(6-11)7-3-2-4-8(10)5-7;/h2-5,9H,6,11H2,1H3;1H. The van der Waals surface area contributed by atoms with Crippen LogP contribution in [0, 0.1) is 5.82 Å². The summed E-state index contributed by atoms with van der Waals surface area (Å²) in [6.45, 7) is 0.361. The van der Waals surface area contributed by atoms with Crippen LogP contribution in [0.2, 0.25) is 0 Å². The van der Waals surface area contributed by atoms with E-state index in [1.165, 1.54) is 12.1 Å². The maximum atomic E-state index is 12.7. The van der Waals surface area contributed by atoms with Gasteiger partial charge in [0.15, 0.2) is 0 Å². The summed E-state index contributed by atoms with van der Waals surface area (Å²) >= 11 is 0. The molecule has 0 fully saturated rings. The van der Waals surface area contributed by atoms with Gasteiger partial charge in [0.2, 0.25) is 0 Å². The van der Waals surface area contributed by atoms with Crippen LogP contribution in [0.1, 0.15) is 11.7 Å². The molecule has 0 aliphatic heterocycles. The molecule has 1 unspecified atom stereocenters. The fraction of sp³-hybridized carbons (Fsp3) is 0.333. The Hall–Kier alpha value is -0.640. The lowest BCUT2D eigenvalue weighted by molar-refractivity contribution is 0.110. The molecule has 0 saturated heterocycles. The van der Waals surface area contributed by atoms with Crippen molar-refractivity contribution in [2.75, 3.05) is 13.7 Å². The van der Waals surface area contributed by atoms with E-state index >= 15 is 0 Å². The Kier molecular flexibility index (Phi) is 5.62. The SMILES string of the molecule is COC(CN)c1cccc(F)c1.Cl. The van der Waals surface area contributed by atoms with Crippen LogP contribution in [-0.4, -0.2) is 13.7 Å². The summed E-state index contributed by atoms with van der Waals surface area (Å²) in [7, 11) is 1.56. The maximum Gasteiger partial charge on any atom is 0.123 e. The lowest BCUT2D eigenvalue weighted by Crippen LogP contribution is -2.14. The first-order chi connectivity index (χ1) is 5.77. The van der Waals surface area contributed by atoms with Crippen molar-refractivity contribution >= 4 is 12.4 Å². The number of methoxy groups -OCH3 is 1. The number of benzene rings is 1. The molecule has 4 heteroatoms. The van der Waals surface area contributed by atoms with Crippen molar-refractivity contribution < 1.29 is 9.13 Å². The number of hydrogen-bond donors (Lipinski definition) is 1. The molecule has 1 atom stereocenters. The Morgan fingerprint density at radius 1 is 1.54 bits per heavy atom. The molecule has 0 spiro atoms. The second-order valence-corrected chi connectivity index (χ2v) is 2.52. The molecule has 1 rings (SSSR count). The van der Waals surface area contributed by atoms with Gasteiger partial charge in [0.05, 0.1) is 6.10 Å². The molecular formula is C9H13ClFNO. The molecule has 0 bridgehead atoms. The summed E-state index contributed by atoms with van der Waals surface area (Å²) in [5.74, 6) is -0.261. The van der Waals surface area contributed by atoms with Crippen LogP contribution in [-0.2, 0) is 4.74 Å². The van der Waals surface area contributed by atoms with E-state index in [1.807, 2.05) is 0 Å². The second-order valence-electron chi connectivity index (χ2n) is 2.52.